The lowest BCUT2D eigenvalue weighted by atomic mass is 9.79. The maximum Gasteiger partial charge on any atom is 0.254 e. The van der Waals surface area contributed by atoms with Crippen LogP contribution in [0.2, 0.25) is 0 Å². The van der Waals surface area contributed by atoms with E-state index in [1.165, 1.54) is 24.7 Å². The van der Waals surface area contributed by atoms with Gasteiger partial charge in [0.15, 0.2) is 0 Å². The van der Waals surface area contributed by atoms with Crippen LogP contribution in [0.25, 0.3) is 0 Å². The van der Waals surface area contributed by atoms with Crippen molar-refractivity contribution in [2.24, 2.45) is 5.73 Å². The van der Waals surface area contributed by atoms with E-state index in [-0.39, 0.29) is 11.3 Å². The van der Waals surface area contributed by atoms with Gasteiger partial charge in [-0.2, -0.15) is 0 Å². The Bertz CT molecular complexity index is 673. The van der Waals surface area contributed by atoms with Crippen LogP contribution in [0.4, 0.5) is 0 Å². The van der Waals surface area contributed by atoms with Crippen molar-refractivity contribution in [1.29, 1.82) is 0 Å². The molecule has 0 bridgehead atoms. The fraction of sp³-hybridized carbons (Fsp3) is 0.389. The zero-order valence-corrected chi connectivity index (χ0v) is 14.6. The molecule has 1 aliphatic carbocycles. The van der Waals surface area contributed by atoms with Crippen molar-refractivity contribution < 1.29 is 9.21 Å². The standard InChI is InChI=1S/C18H21BrN2O2/c19-15-5-3-14(4-6-15)18(7-1-2-8-18)12-21-17(22)13-9-16(10-20)23-11-13/h3-6,9,11H,1-2,7-8,10,12,20H2,(H,21,22). The van der Waals surface area contributed by atoms with Crippen LogP contribution in [0, 0.1) is 0 Å². The van der Waals surface area contributed by atoms with Crippen LogP contribution in [0.5, 0.6) is 0 Å². The van der Waals surface area contributed by atoms with Gasteiger partial charge in [-0.05, 0) is 36.6 Å². The van der Waals surface area contributed by atoms with Crippen molar-refractivity contribution >= 4 is 21.8 Å². The Morgan fingerprint density at radius 2 is 1.96 bits per heavy atom. The van der Waals surface area contributed by atoms with Crippen LogP contribution >= 0.6 is 15.9 Å². The Labute approximate surface area is 144 Å². The lowest BCUT2D eigenvalue weighted by Crippen LogP contribution is -2.38. The molecule has 23 heavy (non-hydrogen) atoms. The molecule has 122 valence electrons. The number of rotatable bonds is 5. The molecule has 1 aromatic heterocycles. The van der Waals surface area contributed by atoms with Crippen molar-refractivity contribution in [2.45, 2.75) is 37.6 Å². The molecule has 1 amide bonds. The van der Waals surface area contributed by atoms with E-state index in [4.69, 9.17) is 10.2 Å². The van der Waals surface area contributed by atoms with Gasteiger partial charge in [-0.15, -0.1) is 0 Å². The summed E-state index contributed by atoms with van der Waals surface area (Å²) in [5.74, 6) is 0.524. The number of halogens is 1. The molecule has 5 heteroatoms. The first-order chi connectivity index (χ1) is 11.1. The summed E-state index contributed by atoms with van der Waals surface area (Å²) >= 11 is 3.48. The molecule has 2 aromatic rings. The molecule has 0 spiro atoms. The molecule has 3 rings (SSSR count). The van der Waals surface area contributed by atoms with E-state index >= 15 is 0 Å². The van der Waals surface area contributed by atoms with Gasteiger partial charge in [0.25, 0.3) is 5.91 Å². The third kappa shape index (κ3) is 3.51. The zero-order valence-electron chi connectivity index (χ0n) is 13.0. The van der Waals surface area contributed by atoms with E-state index in [1.54, 1.807) is 6.07 Å². The van der Waals surface area contributed by atoms with Crippen LogP contribution in [0.15, 0.2) is 45.5 Å². The van der Waals surface area contributed by atoms with Gasteiger partial charge in [-0.3, -0.25) is 4.79 Å². The Morgan fingerprint density at radius 3 is 2.57 bits per heavy atom. The molecule has 1 aromatic carbocycles. The number of hydrogen-bond acceptors (Lipinski definition) is 3. The number of nitrogens with one attached hydrogen (secondary N) is 1. The molecule has 1 fully saturated rings. The van der Waals surface area contributed by atoms with Gasteiger partial charge in [-0.1, -0.05) is 40.9 Å². The summed E-state index contributed by atoms with van der Waals surface area (Å²) in [6.45, 7) is 0.951. The normalized spacial score (nSPS) is 16.4. The second-order valence-electron chi connectivity index (χ2n) is 6.18. The van der Waals surface area contributed by atoms with Gasteiger partial charge < -0.3 is 15.5 Å². The number of furan rings is 1. The van der Waals surface area contributed by atoms with E-state index in [0.717, 1.165) is 17.3 Å². The number of benzene rings is 1. The molecule has 1 aliphatic rings. The fourth-order valence-electron chi connectivity index (χ4n) is 3.38. The molecule has 0 saturated heterocycles. The minimum absolute atomic E-state index is 0.0385. The van der Waals surface area contributed by atoms with Crippen LogP contribution in [0.1, 0.15) is 47.4 Å². The Kier molecular flexibility index (Phi) is 4.87. The van der Waals surface area contributed by atoms with Crippen LogP contribution in [0.3, 0.4) is 0 Å². The molecule has 4 nitrogen and oxygen atoms in total. The van der Waals surface area contributed by atoms with Crippen molar-refractivity contribution in [1.82, 2.24) is 5.32 Å². The lowest BCUT2D eigenvalue weighted by Gasteiger charge is -2.30. The van der Waals surface area contributed by atoms with Gasteiger partial charge >= 0.3 is 0 Å². The quantitative estimate of drug-likeness (QED) is 0.834. The molecule has 0 aliphatic heterocycles. The van der Waals surface area contributed by atoms with Gasteiger partial charge in [0.05, 0.1) is 12.1 Å². The summed E-state index contributed by atoms with van der Waals surface area (Å²) in [6, 6.07) is 10.2. The summed E-state index contributed by atoms with van der Waals surface area (Å²) < 4.78 is 6.31. The zero-order chi connectivity index (χ0) is 16.3. The maximum atomic E-state index is 12.3. The first kappa shape index (κ1) is 16.3. The van der Waals surface area contributed by atoms with Crippen LogP contribution in [-0.2, 0) is 12.0 Å². The smallest absolute Gasteiger partial charge is 0.254 e. The van der Waals surface area contributed by atoms with E-state index in [0.29, 0.717) is 24.4 Å². The summed E-state index contributed by atoms with van der Waals surface area (Å²) in [7, 11) is 0. The highest BCUT2D eigenvalue weighted by atomic mass is 79.9. The average Bonchev–Trinajstić information content (AvgIpc) is 3.23. The minimum atomic E-state index is -0.100. The Morgan fingerprint density at radius 1 is 1.26 bits per heavy atom. The summed E-state index contributed by atoms with van der Waals surface area (Å²) in [6.07, 6.45) is 6.09. The monoisotopic (exact) mass is 376 g/mol. The number of nitrogens with two attached hydrogens (primary N) is 1. The lowest BCUT2D eigenvalue weighted by molar-refractivity contribution is 0.0942. The highest BCUT2D eigenvalue weighted by Crippen LogP contribution is 2.41. The van der Waals surface area contributed by atoms with Crippen LogP contribution < -0.4 is 11.1 Å². The van der Waals surface area contributed by atoms with E-state index in [9.17, 15) is 4.79 Å². The molecular formula is C18H21BrN2O2. The fourth-order valence-corrected chi connectivity index (χ4v) is 3.65. The van der Waals surface area contributed by atoms with E-state index in [1.807, 2.05) is 0 Å². The number of carbonyl (C=O) groups excluding carboxylic acids is 1. The molecule has 3 N–H and O–H groups in total. The van der Waals surface area contributed by atoms with Gasteiger partial charge in [-0.25, -0.2) is 0 Å². The minimum Gasteiger partial charge on any atom is -0.467 e. The second-order valence-corrected chi connectivity index (χ2v) is 7.10. The predicted molar refractivity (Wildman–Crippen MR) is 93.2 cm³/mol. The van der Waals surface area contributed by atoms with E-state index in [2.05, 4.69) is 45.5 Å². The summed E-state index contributed by atoms with van der Waals surface area (Å²) in [4.78, 5) is 12.3. The highest BCUT2D eigenvalue weighted by molar-refractivity contribution is 9.10. The van der Waals surface area contributed by atoms with Crippen molar-refractivity contribution in [2.75, 3.05) is 6.54 Å². The maximum absolute atomic E-state index is 12.3. The second kappa shape index (κ2) is 6.89. The number of carbonyl (C=O) groups is 1. The van der Waals surface area contributed by atoms with Crippen LogP contribution in [-0.4, -0.2) is 12.5 Å². The topological polar surface area (TPSA) is 68.3 Å². The molecule has 1 saturated carbocycles. The summed E-state index contributed by atoms with van der Waals surface area (Å²) in [5, 5.41) is 3.08. The highest BCUT2D eigenvalue weighted by Gasteiger charge is 2.36. The van der Waals surface area contributed by atoms with Crippen molar-refractivity contribution in [3.05, 3.63) is 58.0 Å². The van der Waals surface area contributed by atoms with E-state index < -0.39 is 0 Å². The Balaban J connectivity index is 1.72. The number of amides is 1. The molecule has 0 radical (unpaired) electrons. The van der Waals surface area contributed by atoms with Gasteiger partial charge in [0.1, 0.15) is 12.0 Å². The van der Waals surface area contributed by atoms with Gasteiger partial charge in [0.2, 0.25) is 0 Å². The van der Waals surface area contributed by atoms with Gasteiger partial charge in [0, 0.05) is 16.4 Å². The third-order valence-corrected chi connectivity index (χ3v) is 5.25. The van der Waals surface area contributed by atoms with Crippen molar-refractivity contribution in [3.8, 4) is 0 Å². The number of hydrogen-bond donors (Lipinski definition) is 2. The third-order valence-electron chi connectivity index (χ3n) is 4.72. The Hall–Kier alpha value is -1.59. The van der Waals surface area contributed by atoms with Crippen molar-refractivity contribution in [3.63, 3.8) is 0 Å². The molecule has 0 unspecified atom stereocenters. The average molecular weight is 377 g/mol. The first-order valence-electron chi connectivity index (χ1n) is 7.95. The SMILES string of the molecule is NCc1cc(C(=O)NCC2(c3ccc(Br)cc3)CCCC2)co1. The molecular weight excluding hydrogens is 356 g/mol. The predicted octanol–water partition coefficient (Wildman–Crippen LogP) is 3.74. The first-order valence-corrected chi connectivity index (χ1v) is 8.74. The molecule has 1 heterocycles. The molecule has 0 atom stereocenters. The largest absolute Gasteiger partial charge is 0.467 e. The summed E-state index contributed by atoms with van der Waals surface area (Å²) in [5.41, 5.74) is 7.39.